The summed E-state index contributed by atoms with van der Waals surface area (Å²) in [6.45, 7) is 3.37. The van der Waals surface area contributed by atoms with E-state index in [1.54, 1.807) is 21.0 Å². The lowest BCUT2D eigenvalue weighted by molar-refractivity contribution is 0.107. The van der Waals surface area contributed by atoms with Gasteiger partial charge >= 0.3 is 0 Å². The molecule has 0 aromatic carbocycles. The Morgan fingerprint density at radius 2 is 2.00 bits per heavy atom. The average Bonchev–Trinajstić information content (AvgIpc) is 2.51. The Morgan fingerprint density at radius 1 is 1.36 bits per heavy atom. The topological polar surface area (TPSA) is 55.4 Å². The number of hydrogen-bond acceptors (Lipinski definition) is 3. The number of ether oxygens (including phenoxy) is 1. The first-order valence-electron chi connectivity index (χ1n) is 4.99. The highest BCUT2D eigenvalue weighted by atomic mass is 32.2. The molecule has 0 amide bonds. The highest BCUT2D eigenvalue weighted by molar-refractivity contribution is 7.90. The molecule has 0 saturated heterocycles. The molecule has 1 aliphatic rings. The largest absolute Gasteiger partial charge is 0.381 e. The number of methoxy groups -OCH3 is 1. The van der Waals surface area contributed by atoms with Crippen molar-refractivity contribution in [1.29, 1.82) is 0 Å². The zero-order chi connectivity index (χ0) is 10.8. The Kier molecular flexibility index (Phi) is 3.92. The second-order valence-corrected chi connectivity index (χ2v) is 6.35. The van der Waals surface area contributed by atoms with Gasteiger partial charge in [0.2, 0.25) is 10.0 Å². The fraction of sp³-hybridized carbons (Fsp3) is 1.00. The van der Waals surface area contributed by atoms with Gasteiger partial charge in [-0.05, 0) is 33.1 Å². The maximum atomic E-state index is 11.5. The van der Waals surface area contributed by atoms with Crippen LogP contribution >= 0.6 is 0 Å². The SMILES string of the molecule is COC1CCC(NS(=O)(=O)C(C)C)C1. The quantitative estimate of drug-likeness (QED) is 0.766. The Labute approximate surface area is 86.1 Å². The lowest BCUT2D eigenvalue weighted by Crippen LogP contribution is -2.37. The summed E-state index contributed by atoms with van der Waals surface area (Å²) in [6.07, 6.45) is 2.84. The summed E-state index contributed by atoms with van der Waals surface area (Å²) in [4.78, 5) is 0. The predicted molar refractivity (Wildman–Crippen MR) is 55.6 cm³/mol. The maximum Gasteiger partial charge on any atom is 0.214 e. The van der Waals surface area contributed by atoms with Crippen molar-refractivity contribution in [2.75, 3.05) is 7.11 Å². The van der Waals surface area contributed by atoms with Gasteiger partial charge in [0, 0.05) is 13.2 Å². The molecule has 0 heterocycles. The van der Waals surface area contributed by atoms with Crippen LogP contribution in [0.4, 0.5) is 0 Å². The van der Waals surface area contributed by atoms with Gasteiger partial charge in [-0.15, -0.1) is 0 Å². The van der Waals surface area contributed by atoms with Crippen molar-refractivity contribution in [2.24, 2.45) is 0 Å². The molecule has 5 heteroatoms. The van der Waals surface area contributed by atoms with Crippen molar-refractivity contribution in [1.82, 2.24) is 4.72 Å². The van der Waals surface area contributed by atoms with Crippen LogP contribution in [0.25, 0.3) is 0 Å². The van der Waals surface area contributed by atoms with Crippen LogP contribution in [-0.4, -0.2) is 32.9 Å². The first kappa shape index (κ1) is 11.9. The monoisotopic (exact) mass is 221 g/mol. The standard InChI is InChI=1S/C9H19NO3S/c1-7(2)14(11,12)10-8-4-5-9(6-8)13-3/h7-10H,4-6H2,1-3H3. The Hall–Kier alpha value is -0.130. The number of hydrogen-bond donors (Lipinski definition) is 1. The van der Waals surface area contributed by atoms with Gasteiger partial charge in [0.1, 0.15) is 0 Å². The molecule has 84 valence electrons. The van der Waals surface area contributed by atoms with Crippen LogP contribution in [0.2, 0.25) is 0 Å². The van der Waals surface area contributed by atoms with Crippen molar-refractivity contribution in [3.05, 3.63) is 0 Å². The molecule has 1 N–H and O–H groups in total. The fourth-order valence-electron chi connectivity index (χ4n) is 1.63. The van der Waals surface area contributed by atoms with Crippen molar-refractivity contribution in [3.63, 3.8) is 0 Å². The maximum absolute atomic E-state index is 11.5. The first-order chi connectivity index (χ1) is 6.45. The normalized spacial score (nSPS) is 28.6. The van der Waals surface area contributed by atoms with E-state index in [0.29, 0.717) is 0 Å². The first-order valence-corrected chi connectivity index (χ1v) is 6.54. The molecule has 1 aliphatic carbocycles. The molecule has 2 atom stereocenters. The van der Waals surface area contributed by atoms with Gasteiger partial charge in [0.25, 0.3) is 0 Å². The predicted octanol–water partition coefficient (Wildman–Crippen LogP) is 0.882. The minimum Gasteiger partial charge on any atom is -0.381 e. The van der Waals surface area contributed by atoms with Crippen LogP contribution < -0.4 is 4.72 Å². The van der Waals surface area contributed by atoms with Crippen LogP contribution in [0.5, 0.6) is 0 Å². The Balaban J connectivity index is 2.47. The fourth-order valence-corrected chi connectivity index (χ4v) is 2.58. The van der Waals surface area contributed by atoms with E-state index in [4.69, 9.17) is 4.74 Å². The van der Waals surface area contributed by atoms with Crippen LogP contribution in [0, 0.1) is 0 Å². The van der Waals surface area contributed by atoms with Gasteiger partial charge in [-0.1, -0.05) is 0 Å². The van der Waals surface area contributed by atoms with Crippen molar-refractivity contribution < 1.29 is 13.2 Å². The van der Waals surface area contributed by atoms with Crippen LogP contribution in [-0.2, 0) is 14.8 Å². The molecule has 0 radical (unpaired) electrons. The van der Waals surface area contributed by atoms with Crippen LogP contribution in [0.3, 0.4) is 0 Å². The van der Waals surface area contributed by atoms with Gasteiger partial charge in [-0.25, -0.2) is 13.1 Å². The van der Waals surface area contributed by atoms with E-state index in [2.05, 4.69) is 4.72 Å². The van der Waals surface area contributed by atoms with E-state index in [-0.39, 0.29) is 17.4 Å². The molecule has 14 heavy (non-hydrogen) atoms. The van der Waals surface area contributed by atoms with Crippen LogP contribution in [0.1, 0.15) is 33.1 Å². The second kappa shape index (κ2) is 4.59. The highest BCUT2D eigenvalue weighted by Crippen LogP contribution is 2.22. The third-order valence-corrected chi connectivity index (χ3v) is 4.57. The molecular weight excluding hydrogens is 202 g/mol. The van der Waals surface area contributed by atoms with E-state index in [1.165, 1.54) is 0 Å². The summed E-state index contributed by atoms with van der Waals surface area (Å²) in [5.41, 5.74) is 0. The molecular formula is C9H19NO3S. The summed E-state index contributed by atoms with van der Waals surface area (Å²) in [7, 11) is -1.45. The van der Waals surface area contributed by atoms with E-state index in [1.807, 2.05) is 0 Å². The molecule has 0 spiro atoms. The molecule has 0 aliphatic heterocycles. The zero-order valence-electron chi connectivity index (χ0n) is 8.99. The van der Waals surface area contributed by atoms with Crippen molar-refractivity contribution >= 4 is 10.0 Å². The second-order valence-electron chi connectivity index (χ2n) is 4.08. The van der Waals surface area contributed by atoms with Gasteiger partial charge in [-0.3, -0.25) is 0 Å². The van der Waals surface area contributed by atoms with Gasteiger partial charge < -0.3 is 4.74 Å². The molecule has 1 fully saturated rings. The number of nitrogens with one attached hydrogen (secondary N) is 1. The molecule has 4 nitrogen and oxygen atoms in total. The van der Waals surface area contributed by atoms with Crippen molar-refractivity contribution in [3.8, 4) is 0 Å². The molecule has 1 rings (SSSR count). The summed E-state index contributed by atoms with van der Waals surface area (Å²) < 4.78 is 31.0. The number of rotatable bonds is 4. The lowest BCUT2D eigenvalue weighted by atomic mass is 10.3. The van der Waals surface area contributed by atoms with E-state index in [0.717, 1.165) is 19.3 Å². The van der Waals surface area contributed by atoms with Crippen molar-refractivity contribution in [2.45, 2.75) is 50.5 Å². The van der Waals surface area contributed by atoms with Gasteiger partial charge in [0.15, 0.2) is 0 Å². The van der Waals surface area contributed by atoms with Gasteiger partial charge in [-0.2, -0.15) is 0 Å². The molecule has 1 saturated carbocycles. The molecule has 0 aromatic heterocycles. The Morgan fingerprint density at radius 3 is 2.43 bits per heavy atom. The van der Waals surface area contributed by atoms with E-state index in [9.17, 15) is 8.42 Å². The lowest BCUT2D eigenvalue weighted by Gasteiger charge is -2.15. The molecule has 2 unspecified atom stereocenters. The third kappa shape index (κ3) is 2.93. The Bertz CT molecular complexity index is 274. The van der Waals surface area contributed by atoms with Gasteiger partial charge in [0.05, 0.1) is 11.4 Å². The smallest absolute Gasteiger partial charge is 0.214 e. The summed E-state index contributed by atoms with van der Waals surface area (Å²) in [5, 5.41) is -0.357. The molecule has 0 bridgehead atoms. The molecule has 0 aromatic rings. The number of sulfonamides is 1. The minimum absolute atomic E-state index is 0.0624. The summed E-state index contributed by atoms with van der Waals surface area (Å²) in [6, 6.07) is 0.0624. The summed E-state index contributed by atoms with van der Waals surface area (Å²) in [5.74, 6) is 0. The third-order valence-electron chi connectivity index (χ3n) is 2.67. The average molecular weight is 221 g/mol. The minimum atomic E-state index is -3.12. The van der Waals surface area contributed by atoms with E-state index >= 15 is 0 Å². The van der Waals surface area contributed by atoms with Crippen LogP contribution in [0.15, 0.2) is 0 Å². The highest BCUT2D eigenvalue weighted by Gasteiger charge is 2.28. The summed E-state index contributed by atoms with van der Waals surface area (Å²) >= 11 is 0. The zero-order valence-corrected chi connectivity index (χ0v) is 9.80. The van der Waals surface area contributed by atoms with E-state index < -0.39 is 10.0 Å².